The topological polar surface area (TPSA) is 152 Å². The Morgan fingerprint density at radius 2 is 1.77 bits per heavy atom. The first kappa shape index (κ1) is 22.2. The molecule has 0 amide bonds. The monoisotopic (exact) mass is 388 g/mol. The summed E-state index contributed by atoms with van der Waals surface area (Å²) >= 11 is 0.606. The third-order valence-corrected chi connectivity index (χ3v) is 4.99. The van der Waals surface area contributed by atoms with Crippen LogP contribution in [0.25, 0.3) is 0 Å². The Morgan fingerprint density at radius 1 is 1.12 bits per heavy atom. The van der Waals surface area contributed by atoms with Gasteiger partial charge in [-0.2, -0.15) is 9.45 Å². The number of rotatable bonds is 7. The molecule has 0 atom stereocenters. The first-order chi connectivity index (χ1) is 11.9. The zero-order valence-electron chi connectivity index (χ0n) is 13.7. The summed E-state index contributed by atoms with van der Waals surface area (Å²) in [5.74, 6) is 0. The Morgan fingerprint density at radius 3 is 2.35 bits per heavy atom. The van der Waals surface area contributed by atoms with E-state index in [0.717, 1.165) is 5.41 Å². The Labute approximate surface area is 166 Å². The number of nitrogens with zero attached hydrogens (tertiary/aromatic N) is 2. The van der Waals surface area contributed by atoms with E-state index in [1.807, 2.05) is 0 Å². The standard InChI is InChI=1S/C14H14N4O5S2.Li/c1-2-25(20,21)10-5-3-9(4-6-10)17-18-13-8-14(24-23-22-19)12(16)7-11(13)15;/h2-8,19H,1,15-16H2;/q;+1/p-1. The number of sulfone groups is 1. The van der Waals surface area contributed by atoms with Crippen LogP contribution in [0.4, 0.5) is 22.7 Å². The van der Waals surface area contributed by atoms with Crippen LogP contribution < -0.4 is 35.6 Å². The molecule has 0 bridgehead atoms. The van der Waals surface area contributed by atoms with Crippen molar-refractivity contribution >= 4 is 44.6 Å². The van der Waals surface area contributed by atoms with E-state index in [1.54, 1.807) is 0 Å². The third-order valence-electron chi connectivity index (χ3n) is 2.97. The Balaban J connectivity index is 0.00000338. The van der Waals surface area contributed by atoms with Gasteiger partial charge in [0.2, 0.25) is 0 Å². The van der Waals surface area contributed by atoms with Crippen molar-refractivity contribution in [3.05, 3.63) is 48.4 Å². The van der Waals surface area contributed by atoms with Gasteiger partial charge < -0.3 is 16.7 Å². The summed E-state index contributed by atoms with van der Waals surface area (Å²) in [5.41, 5.74) is 12.8. The molecular formula is C14H13LiN4O5S2. The summed E-state index contributed by atoms with van der Waals surface area (Å²) in [4.78, 5) is 0.466. The molecule has 2 rings (SSSR count). The van der Waals surface area contributed by atoms with E-state index < -0.39 is 9.84 Å². The van der Waals surface area contributed by atoms with Crippen molar-refractivity contribution in [2.75, 3.05) is 11.5 Å². The second-order valence-corrected chi connectivity index (χ2v) is 7.21. The maximum atomic E-state index is 11.6. The van der Waals surface area contributed by atoms with E-state index in [9.17, 15) is 13.7 Å². The maximum absolute atomic E-state index is 11.6. The van der Waals surface area contributed by atoms with Crippen LogP contribution in [0.2, 0.25) is 0 Å². The van der Waals surface area contributed by atoms with Gasteiger partial charge in [0.1, 0.15) is 5.69 Å². The van der Waals surface area contributed by atoms with Gasteiger partial charge in [0.15, 0.2) is 9.84 Å². The summed E-state index contributed by atoms with van der Waals surface area (Å²) < 4.78 is 27.5. The number of benzene rings is 2. The van der Waals surface area contributed by atoms with Crippen LogP contribution in [0.5, 0.6) is 0 Å². The number of anilines is 2. The van der Waals surface area contributed by atoms with E-state index >= 15 is 0 Å². The van der Waals surface area contributed by atoms with Crippen molar-refractivity contribution < 1.29 is 41.9 Å². The summed E-state index contributed by atoms with van der Waals surface area (Å²) in [6, 6.07) is 8.64. The molecule has 0 unspecified atom stereocenters. The fourth-order valence-corrected chi connectivity index (χ4v) is 2.85. The van der Waals surface area contributed by atoms with Gasteiger partial charge in [-0.1, -0.05) is 6.58 Å². The van der Waals surface area contributed by atoms with Crippen molar-refractivity contribution in [1.29, 1.82) is 0 Å². The molecule has 0 fully saturated rings. The van der Waals surface area contributed by atoms with Gasteiger partial charge in [-0.25, -0.2) is 8.42 Å². The van der Waals surface area contributed by atoms with Gasteiger partial charge in [-0.3, -0.25) is 5.04 Å². The van der Waals surface area contributed by atoms with Crippen LogP contribution in [-0.2, 0) is 19.2 Å². The largest absolute Gasteiger partial charge is 1.00 e. The van der Waals surface area contributed by atoms with E-state index in [-0.39, 0.29) is 40.8 Å². The molecule has 0 saturated carbocycles. The zero-order chi connectivity index (χ0) is 18.4. The SMILES string of the molecule is C=CS(=O)(=O)c1ccc(N=Nc2cc(SOO[O-])c(N)cc2N)cc1.[Li+]. The average Bonchev–Trinajstić information content (AvgIpc) is 2.60. The molecule has 0 spiro atoms. The molecule has 0 aliphatic carbocycles. The van der Waals surface area contributed by atoms with Crippen molar-refractivity contribution in [1.82, 2.24) is 0 Å². The zero-order valence-corrected chi connectivity index (χ0v) is 15.3. The molecule has 4 N–H and O–H groups in total. The quantitative estimate of drug-likeness (QED) is 0.160. The fraction of sp³-hybridized carbons (Fsp3) is 0. The Bertz CT molecular complexity index is 904. The van der Waals surface area contributed by atoms with Crippen molar-refractivity contribution in [3.8, 4) is 0 Å². The van der Waals surface area contributed by atoms with E-state index in [1.165, 1.54) is 36.4 Å². The van der Waals surface area contributed by atoms with Crippen LogP contribution in [0.3, 0.4) is 0 Å². The number of azo groups is 1. The number of hydrogen-bond donors (Lipinski definition) is 2. The molecule has 9 nitrogen and oxygen atoms in total. The minimum Gasteiger partial charge on any atom is -0.691 e. The number of hydrogen-bond acceptors (Lipinski definition) is 10. The molecule has 26 heavy (non-hydrogen) atoms. The predicted octanol–water partition coefficient (Wildman–Crippen LogP) is -0.582. The minimum absolute atomic E-state index is 0. The van der Waals surface area contributed by atoms with Gasteiger partial charge in [-0.15, -0.1) is 5.11 Å². The molecule has 0 aliphatic rings. The second kappa shape index (κ2) is 9.74. The van der Waals surface area contributed by atoms with E-state index in [4.69, 9.17) is 11.5 Å². The van der Waals surface area contributed by atoms with Crippen LogP contribution >= 0.6 is 12.0 Å². The molecule has 2 aromatic carbocycles. The summed E-state index contributed by atoms with van der Waals surface area (Å²) in [7, 11) is -3.50. The molecular weight excluding hydrogens is 375 g/mol. The summed E-state index contributed by atoms with van der Waals surface area (Å²) in [6.45, 7) is 3.26. The van der Waals surface area contributed by atoms with E-state index in [2.05, 4.69) is 26.2 Å². The van der Waals surface area contributed by atoms with Gasteiger partial charge >= 0.3 is 18.9 Å². The first-order valence-corrected chi connectivity index (χ1v) is 8.87. The smallest absolute Gasteiger partial charge is 0.691 e. The average molecular weight is 388 g/mol. The maximum Gasteiger partial charge on any atom is 1.00 e. The van der Waals surface area contributed by atoms with Crippen LogP contribution in [-0.4, -0.2) is 8.42 Å². The Hall–Kier alpha value is -1.84. The molecule has 12 heteroatoms. The van der Waals surface area contributed by atoms with Crippen molar-refractivity contribution in [2.45, 2.75) is 9.79 Å². The molecule has 132 valence electrons. The molecule has 0 radical (unpaired) electrons. The predicted molar refractivity (Wildman–Crippen MR) is 91.3 cm³/mol. The molecule has 0 aromatic heterocycles. The van der Waals surface area contributed by atoms with Crippen molar-refractivity contribution in [2.24, 2.45) is 10.2 Å². The molecule has 0 saturated heterocycles. The van der Waals surface area contributed by atoms with E-state index in [0.29, 0.717) is 22.6 Å². The number of nitrogens with two attached hydrogens (primary N) is 2. The molecule has 0 aliphatic heterocycles. The van der Waals surface area contributed by atoms with Crippen LogP contribution in [0, 0.1) is 0 Å². The summed E-state index contributed by atoms with van der Waals surface area (Å²) in [5, 5.41) is 22.0. The van der Waals surface area contributed by atoms with Crippen LogP contribution in [0.15, 0.2) is 68.4 Å². The molecule has 0 heterocycles. The number of nitrogen functional groups attached to an aromatic ring is 2. The Kier molecular flexibility index (Phi) is 8.32. The van der Waals surface area contributed by atoms with Crippen LogP contribution in [0.1, 0.15) is 0 Å². The van der Waals surface area contributed by atoms with Gasteiger partial charge in [0.25, 0.3) is 0 Å². The fourth-order valence-electron chi connectivity index (χ4n) is 1.72. The van der Waals surface area contributed by atoms with Gasteiger partial charge in [-0.05, 0) is 36.4 Å². The van der Waals surface area contributed by atoms with Gasteiger partial charge in [0.05, 0.1) is 33.2 Å². The second-order valence-electron chi connectivity index (χ2n) is 4.57. The first-order valence-electron chi connectivity index (χ1n) is 6.59. The van der Waals surface area contributed by atoms with Crippen molar-refractivity contribution in [3.63, 3.8) is 0 Å². The third kappa shape index (κ3) is 5.58. The minimum atomic E-state index is -3.50. The summed E-state index contributed by atoms with van der Waals surface area (Å²) in [6.07, 6.45) is 0. The molecule has 2 aromatic rings. The normalized spacial score (nSPS) is 11.3. The van der Waals surface area contributed by atoms with Gasteiger partial charge in [0, 0.05) is 11.1 Å².